The summed E-state index contributed by atoms with van der Waals surface area (Å²) in [5.74, 6) is -0.883. The van der Waals surface area contributed by atoms with Crippen LogP contribution >= 0.6 is 0 Å². The summed E-state index contributed by atoms with van der Waals surface area (Å²) in [6.07, 6.45) is 88.7. The Morgan fingerprint density at radius 2 is 0.500 bits per heavy atom. The number of allylic oxidation sites excluding steroid dienone is 16. The van der Waals surface area contributed by atoms with Crippen LogP contribution in [-0.4, -0.2) is 37.2 Å². The predicted octanol–water partition coefficient (Wildman–Crippen LogP) is 22.8. The van der Waals surface area contributed by atoms with Crippen molar-refractivity contribution in [3.8, 4) is 0 Å². The number of hydrogen-bond donors (Lipinski definition) is 0. The van der Waals surface area contributed by atoms with E-state index in [9.17, 15) is 14.4 Å². The van der Waals surface area contributed by atoms with Gasteiger partial charge in [0.25, 0.3) is 0 Å². The van der Waals surface area contributed by atoms with Gasteiger partial charge < -0.3 is 14.2 Å². The molecule has 1 atom stereocenters. The van der Waals surface area contributed by atoms with Crippen LogP contribution in [0.3, 0.4) is 0 Å². The minimum Gasteiger partial charge on any atom is -0.462 e. The summed E-state index contributed by atoms with van der Waals surface area (Å²) in [6.45, 7) is 6.50. The van der Waals surface area contributed by atoms with Crippen LogP contribution in [0.25, 0.3) is 0 Å². The van der Waals surface area contributed by atoms with Gasteiger partial charge in [0, 0.05) is 19.3 Å². The van der Waals surface area contributed by atoms with E-state index >= 15 is 0 Å². The summed E-state index contributed by atoms with van der Waals surface area (Å²) in [4.78, 5) is 38.2. The van der Waals surface area contributed by atoms with Crippen LogP contribution in [0.5, 0.6) is 0 Å². The standard InChI is InChI=1S/C72H124O6/c1-4-7-10-13-16-19-21-23-25-27-28-29-30-31-32-33-34-35-36-37-38-39-40-41-42-43-44-45-47-48-50-53-56-59-62-65-71(74)77-68-69(67-76-70(73)64-61-58-55-52-18-15-12-9-6-3)78-72(75)66-63-60-57-54-51-49-46-26-24-22-20-17-14-11-8-5-2/h7,10,16,19-20,22-23,25-26,28-29,31-32,34-35,46,69H,4-6,8-9,11-15,17-18,21,24,27,30,33,36-45,47-68H2,1-3H3/b10-7-,19-16-,22-20-,25-23-,29-28-,32-31-,35-34-,46-26-. The average Bonchev–Trinajstić information content (AvgIpc) is 3.44. The molecule has 0 aliphatic heterocycles. The lowest BCUT2D eigenvalue weighted by atomic mass is 10.0. The molecule has 0 saturated carbocycles. The van der Waals surface area contributed by atoms with E-state index in [1.807, 2.05) is 0 Å². The predicted molar refractivity (Wildman–Crippen MR) is 339 cm³/mol. The van der Waals surface area contributed by atoms with Gasteiger partial charge in [-0.05, 0) is 103 Å². The second kappa shape index (κ2) is 65.8. The number of ether oxygens (including phenoxy) is 3. The van der Waals surface area contributed by atoms with Crippen molar-refractivity contribution in [2.75, 3.05) is 13.2 Å². The van der Waals surface area contributed by atoms with Gasteiger partial charge in [-0.25, -0.2) is 0 Å². The lowest BCUT2D eigenvalue weighted by Crippen LogP contribution is -2.30. The summed E-state index contributed by atoms with van der Waals surface area (Å²) >= 11 is 0. The van der Waals surface area contributed by atoms with Crippen LogP contribution in [0.1, 0.15) is 323 Å². The number of carbonyl (C=O) groups is 3. The molecule has 0 aromatic heterocycles. The molecule has 1 unspecified atom stereocenters. The summed E-state index contributed by atoms with van der Waals surface area (Å²) in [7, 11) is 0. The van der Waals surface area contributed by atoms with Crippen molar-refractivity contribution >= 4 is 17.9 Å². The Labute approximate surface area is 483 Å². The molecular formula is C72H124O6. The molecule has 6 heteroatoms. The first kappa shape index (κ1) is 74.3. The van der Waals surface area contributed by atoms with Crippen molar-refractivity contribution in [1.29, 1.82) is 0 Å². The molecule has 0 amide bonds. The van der Waals surface area contributed by atoms with Gasteiger partial charge in [0.2, 0.25) is 0 Å². The maximum Gasteiger partial charge on any atom is 0.306 e. The van der Waals surface area contributed by atoms with Crippen LogP contribution < -0.4 is 0 Å². The van der Waals surface area contributed by atoms with E-state index in [1.54, 1.807) is 0 Å². The zero-order valence-corrected chi connectivity index (χ0v) is 51.4. The minimum atomic E-state index is -0.781. The molecule has 0 saturated heterocycles. The smallest absolute Gasteiger partial charge is 0.306 e. The molecule has 0 aromatic carbocycles. The molecule has 0 aliphatic carbocycles. The fraction of sp³-hybridized carbons (Fsp3) is 0.736. The lowest BCUT2D eigenvalue weighted by molar-refractivity contribution is -0.167. The fourth-order valence-electron chi connectivity index (χ4n) is 9.36. The van der Waals surface area contributed by atoms with Crippen molar-refractivity contribution in [2.45, 2.75) is 329 Å². The number of hydrogen-bond acceptors (Lipinski definition) is 6. The summed E-state index contributed by atoms with van der Waals surface area (Å²) in [5, 5.41) is 0. The molecule has 0 rings (SSSR count). The molecule has 0 bridgehead atoms. The Kier molecular flexibility index (Phi) is 62.7. The highest BCUT2D eigenvalue weighted by molar-refractivity contribution is 5.71. The zero-order valence-electron chi connectivity index (χ0n) is 51.4. The maximum atomic E-state index is 12.9. The van der Waals surface area contributed by atoms with Crippen LogP contribution in [-0.2, 0) is 28.6 Å². The maximum absolute atomic E-state index is 12.9. The van der Waals surface area contributed by atoms with Crippen molar-refractivity contribution in [3.05, 3.63) is 97.2 Å². The number of rotatable bonds is 60. The van der Waals surface area contributed by atoms with Gasteiger partial charge >= 0.3 is 17.9 Å². The van der Waals surface area contributed by atoms with E-state index in [0.29, 0.717) is 19.3 Å². The second-order valence-corrected chi connectivity index (χ2v) is 22.0. The van der Waals surface area contributed by atoms with Gasteiger partial charge in [-0.15, -0.1) is 0 Å². The normalized spacial score (nSPS) is 12.7. The first-order valence-electron chi connectivity index (χ1n) is 33.2. The Bertz CT molecular complexity index is 1530. The SMILES string of the molecule is CC/C=C\C/C=C\C/C=C\C/C=C\C/C=C\C/C=C\CCCCCCCCCCCCCCCCCCC(=O)OCC(COC(=O)CCCCCCCCCCC)OC(=O)CCCCCCC/C=C\C/C=C\CCCCCC. The second-order valence-electron chi connectivity index (χ2n) is 22.0. The van der Waals surface area contributed by atoms with Gasteiger partial charge in [-0.1, -0.05) is 298 Å². The molecule has 0 N–H and O–H groups in total. The molecule has 6 nitrogen and oxygen atoms in total. The van der Waals surface area contributed by atoms with Crippen molar-refractivity contribution in [3.63, 3.8) is 0 Å². The highest BCUT2D eigenvalue weighted by Gasteiger charge is 2.19. The van der Waals surface area contributed by atoms with E-state index < -0.39 is 6.10 Å². The molecule has 0 radical (unpaired) electrons. The zero-order chi connectivity index (χ0) is 56.4. The molecule has 0 spiro atoms. The van der Waals surface area contributed by atoms with Gasteiger partial charge in [-0.2, -0.15) is 0 Å². The first-order valence-corrected chi connectivity index (χ1v) is 33.2. The fourth-order valence-corrected chi connectivity index (χ4v) is 9.36. The Morgan fingerprint density at radius 3 is 0.795 bits per heavy atom. The minimum absolute atomic E-state index is 0.0785. The molecule has 448 valence electrons. The van der Waals surface area contributed by atoms with E-state index in [-0.39, 0.29) is 31.1 Å². The van der Waals surface area contributed by atoms with E-state index in [4.69, 9.17) is 14.2 Å². The molecule has 0 aromatic rings. The monoisotopic (exact) mass is 1080 g/mol. The first-order chi connectivity index (χ1) is 38.5. The number of unbranched alkanes of at least 4 members (excludes halogenated alkanes) is 33. The van der Waals surface area contributed by atoms with E-state index in [2.05, 4.69) is 118 Å². The number of carbonyl (C=O) groups excluding carboxylic acids is 3. The lowest BCUT2D eigenvalue weighted by Gasteiger charge is -2.18. The topological polar surface area (TPSA) is 78.9 Å². The van der Waals surface area contributed by atoms with Gasteiger partial charge in [0.15, 0.2) is 6.10 Å². The molecule has 0 heterocycles. The molecule has 78 heavy (non-hydrogen) atoms. The Morgan fingerprint density at radius 1 is 0.269 bits per heavy atom. The summed E-state index contributed by atoms with van der Waals surface area (Å²) in [6, 6.07) is 0. The molecular weight excluding hydrogens is 961 g/mol. The summed E-state index contributed by atoms with van der Waals surface area (Å²) in [5.41, 5.74) is 0. The van der Waals surface area contributed by atoms with E-state index in [1.165, 1.54) is 161 Å². The third kappa shape index (κ3) is 63.2. The van der Waals surface area contributed by atoms with Crippen LogP contribution in [0.4, 0.5) is 0 Å². The molecule has 0 aliphatic rings. The largest absolute Gasteiger partial charge is 0.462 e. The Balaban J connectivity index is 4.08. The number of esters is 3. The van der Waals surface area contributed by atoms with Crippen LogP contribution in [0.2, 0.25) is 0 Å². The van der Waals surface area contributed by atoms with Gasteiger partial charge in [0.1, 0.15) is 13.2 Å². The summed E-state index contributed by atoms with van der Waals surface area (Å²) < 4.78 is 16.9. The van der Waals surface area contributed by atoms with Gasteiger partial charge in [-0.3, -0.25) is 14.4 Å². The van der Waals surface area contributed by atoms with Crippen molar-refractivity contribution in [2.24, 2.45) is 0 Å². The Hall–Kier alpha value is -3.67. The van der Waals surface area contributed by atoms with Gasteiger partial charge in [0.05, 0.1) is 0 Å². The average molecular weight is 1090 g/mol. The quantitative estimate of drug-likeness (QED) is 0.0261. The van der Waals surface area contributed by atoms with Crippen molar-refractivity contribution < 1.29 is 28.6 Å². The molecule has 0 fully saturated rings. The third-order valence-corrected chi connectivity index (χ3v) is 14.3. The highest BCUT2D eigenvalue weighted by Crippen LogP contribution is 2.17. The third-order valence-electron chi connectivity index (χ3n) is 14.3. The highest BCUT2D eigenvalue weighted by atomic mass is 16.6. The van der Waals surface area contributed by atoms with Crippen LogP contribution in [0.15, 0.2) is 97.2 Å². The van der Waals surface area contributed by atoms with E-state index in [0.717, 1.165) is 122 Å². The van der Waals surface area contributed by atoms with Crippen molar-refractivity contribution in [1.82, 2.24) is 0 Å². The van der Waals surface area contributed by atoms with Crippen LogP contribution in [0, 0.1) is 0 Å².